The fraction of sp³-hybridized carbons (Fsp3) is 0.375. The van der Waals surface area contributed by atoms with E-state index in [4.69, 9.17) is 9.47 Å². The number of benzene rings is 4. The highest BCUT2D eigenvalue weighted by molar-refractivity contribution is 6.10. The van der Waals surface area contributed by atoms with E-state index < -0.39 is 0 Å². The number of carbonyl (C=O) groups is 3. The van der Waals surface area contributed by atoms with Crippen LogP contribution < -0.4 is 9.47 Å². The third kappa shape index (κ3) is 10.7. The maximum Gasteiger partial charge on any atom is 0.315 e. The first-order valence-corrected chi connectivity index (χ1v) is 16.5. The highest BCUT2D eigenvalue weighted by Crippen LogP contribution is 2.23. The van der Waals surface area contributed by atoms with Gasteiger partial charge in [0, 0.05) is 24.0 Å². The van der Waals surface area contributed by atoms with Gasteiger partial charge in [-0.05, 0) is 76.7 Å². The van der Waals surface area contributed by atoms with Gasteiger partial charge < -0.3 is 9.47 Å². The molecule has 0 heterocycles. The van der Waals surface area contributed by atoms with Gasteiger partial charge in [-0.3, -0.25) is 14.4 Å². The molecule has 5 nitrogen and oxygen atoms in total. The zero-order valence-corrected chi connectivity index (χ0v) is 27.0. The van der Waals surface area contributed by atoms with E-state index in [1.807, 2.05) is 60.7 Å². The highest BCUT2D eigenvalue weighted by Gasteiger charge is 2.13. The van der Waals surface area contributed by atoms with Gasteiger partial charge in [0.25, 0.3) is 0 Å². The standard InChI is InChI=1S/C40H46O5/c1-4-6-7-8-9-10-23-44-37-19-12-30(13-20-37)27-39(42)45-38-21-17-32(18-22-38)40(43)35-16-15-33-25-31(11-14-34(33)28-35)26-36(41)24-29(3)5-2/h11-22,25,28-29H,4-10,23-24,26-27H2,1-3H3. The molecule has 236 valence electrons. The molecule has 0 aliphatic carbocycles. The first-order valence-electron chi connectivity index (χ1n) is 16.5. The number of ketones is 2. The normalized spacial score (nSPS) is 11.7. The van der Waals surface area contributed by atoms with Gasteiger partial charge in [0.2, 0.25) is 0 Å². The lowest BCUT2D eigenvalue weighted by atomic mass is 9.95. The van der Waals surface area contributed by atoms with Crippen molar-refractivity contribution in [2.45, 2.75) is 85.0 Å². The summed E-state index contributed by atoms with van der Waals surface area (Å²) in [6.45, 7) is 7.13. The molecule has 0 amide bonds. The van der Waals surface area contributed by atoms with Crippen LogP contribution in [0.15, 0.2) is 84.9 Å². The lowest BCUT2D eigenvalue weighted by Gasteiger charge is -2.09. The van der Waals surface area contributed by atoms with Crippen molar-refractivity contribution in [1.29, 1.82) is 0 Å². The molecule has 4 aromatic carbocycles. The predicted molar refractivity (Wildman–Crippen MR) is 181 cm³/mol. The van der Waals surface area contributed by atoms with Crippen molar-refractivity contribution in [1.82, 2.24) is 0 Å². The third-order valence-electron chi connectivity index (χ3n) is 8.23. The van der Waals surface area contributed by atoms with E-state index in [-0.39, 0.29) is 24.0 Å². The fourth-order valence-electron chi connectivity index (χ4n) is 5.33. The molecule has 0 radical (unpaired) electrons. The lowest BCUT2D eigenvalue weighted by Crippen LogP contribution is -2.11. The highest BCUT2D eigenvalue weighted by atomic mass is 16.5. The van der Waals surface area contributed by atoms with Gasteiger partial charge >= 0.3 is 5.97 Å². The van der Waals surface area contributed by atoms with Gasteiger partial charge in [-0.1, -0.05) is 102 Å². The molecular weight excluding hydrogens is 560 g/mol. The zero-order chi connectivity index (χ0) is 32.0. The van der Waals surface area contributed by atoms with Crippen LogP contribution in [0.4, 0.5) is 0 Å². The SMILES string of the molecule is CCCCCCCCOc1ccc(CC(=O)Oc2ccc(C(=O)c3ccc4cc(CC(=O)CC(C)CC)ccc4c3)cc2)cc1. The molecule has 45 heavy (non-hydrogen) atoms. The number of rotatable bonds is 18. The summed E-state index contributed by atoms with van der Waals surface area (Å²) in [4.78, 5) is 38.1. The monoisotopic (exact) mass is 606 g/mol. The fourth-order valence-corrected chi connectivity index (χ4v) is 5.33. The van der Waals surface area contributed by atoms with E-state index in [2.05, 4.69) is 20.8 Å². The Labute approximate surface area is 268 Å². The first kappa shape index (κ1) is 33.6. The molecule has 0 aliphatic rings. The summed E-state index contributed by atoms with van der Waals surface area (Å²) in [6.07, 6.45) is 9.51. The summed E-state index contributed by atoms with van der Waals surface area (Å²) < 4.78 is 11.4. The number of unbranched alkanes of at least 4 members (excludes halogenated alkanes) is 5. The van der Waals surface area contributed by atoms with Crippen molar-refractivity contribution in [2.24, 2.45) is 5.92 Å². The molecule has 0 aliphatic heterocycles. The van der Waals surface area contributed by atoms with Crippen LogP contribution in [-0.2, 0) is 22.4 Å². The Morgan fingerprint density at radius 2 is 1.27 bits per heavy atom. The summed E-state index contributed by atoms with van der Waals surface area (Å²) in [5.74, 6) is 1.37. The average Bonchev–Trinajstić information content (AvgIpc) is 3.04. The minimum absolute atomic E-state index is 0.110. The molecule has 0 bridgehead atoms. The number of ether oxygens (including phenoxy) is 2. The van der Waals surface area contributed by atoms with E-state index in [1.165, 1.54) is 32.1 Å². The molecule has 4 aromatic rings. The van der Waals surface area contributed by atoms with Crippen molar-refractivity contribution in [2.75, 3.05) is 6.61 Å². The minimum Gasteiger partial charge on any atom is -0.494 e. The average molecular weight is 607 g/mol. The Morgan fingerprint density at radius 3 is 2.00 bits per heavy atom. The van der Waals surface area contributed by atoms with Crippen LogP contribution in [0.5, 0.6) is 11.5 Å². The molecule has 0 fully saturated rings. The predicted octanol–water partition coefficient (Wildman–Crippen LogP) is 9.51. The molecule has 0 N–H and O–H groups in total. The Morgan fingerprint density at radius 1 is 0.644 bits per heavy atom. The molecule has 1 unspecified atom stereocenters. The van der Waals surface area contributed by atoms with Crippen LogP contribution in [-0.4, -0.2) is 24.1 Å². The van der Waals surface area contributed by atoms with Crippen molar-refractivity contribution in [3.05, 3.63) is 107 Å². The van der Waals surface area contributed by atoms with E-state index in [9.17, 15) is 14.4 Å². The first-order chi connectivity index (χ1) is 21.8. The van der Waals surface area contributed by atoms with Gasteiger partial charge in [-0.15, -0.1) is 0 Å². The molecule has 0 saturated heterocycles. The molecule has 0 spiro atoms. The van der Waals surface area contributed by atoms with Gasteiger partial charge in [0.05, 0.1) is 13.0 Å². The largest absolute Gasteiger partial charge is 0.494 e. The van der Waals surface area contributed by atoms with Gasteiger partial charge in [0.15, 0.2) is 5.78 Å². The summed E-state index contributed by atoms with van der Waals surface area (Å²) >= 11 is 0. The molecular formula is C40H46O5. The van der Waals surface area contributed by atoms with Crippen LogP contribution in [0.2, 0.25) is 0 Å². The van der Waals surface area contributed by atoms with Gasteiger partial charge in [0.1, 0.15) is 17.3 Å². The topological polar surface area (TPSA) is 69.7 Å². The van der Waals surface area contributed by atoms with Gasteiger partial charge in [-0.2, -0.15) is 0 Å². The van der Waals surface area contributed by atoms with Crippen LogP contribution >= 0.6 is 0 Å². The van der Waals surface area contributed by atoms with E-state index in [1.54, 1.807) is 24.3 Å². The number of Topliss-reactive ketones (excluding diaryl/α,β-unsaturated/α-hetero) is 1. The second-order valence-electron chi connectivity index (χ2n) is 12.1. The van der Waals surface area contributed by atoms with E-state index in [0.717, 1.165) is 40.5 Å². The van der Waals surface area contributed by atoms with Crippen molar-refractivity contribution < 1.29 is 23.9 Å². The van der Waals surface area contributed by atoms with Crippen LogP contribution in [0.25, 0.3) is 10.8 Å². The van der Waals surface area contributed by atoms with Crippen LogP contribution in [0.3, 0.4) is 0 Å². The Kier molecular flexibility index (Phi) is 12.9. The summed E-state index contributed by atoms with van der Waals surface area (Å²) in [5.41, 5.74) is 2.93. The van der Waals surface area contributed by atoms with Gasteiger partial charge in [-0.25, -0.2) is 0 Å². The number of hydrogen-bond donors (Lipinski definition) is 0. The Hall–Kier alpha value is -4.25. The minimum atomic E-state index is -0.370. The van der Waals surface area contributed by atoms with Crippen LogP contribution in [0, 0.1) is 5.92 Å². The Balaban J connectivity index is 1.26. The lowest BCUT2D eigenvalue weighted by molar-refractivity contribution is -0.133. The number of fused-ring (bicyclic) bond motifs is 1. The molecule has 1 atom stereocenters. The maximum absolute atomic E-state index is 13.2. The van der Waals surface area contributed by atoms with Crippen molar-refractivity contribution in [3.63, 3.8) is 0 Å². The summed E-state index contributed by atoms with van der Waals surface area (Å²) in [7, 11) is 0. The number of esters is 1. The summed E-state index contributed by atoms with van der Waals surface area (Å²) in [6, 6.07) is 25.8. The molecule has 0 saturated carbocycles. The molecule has 4 rings (SSSR count). The van der Waals surface area contributed by atoms with E-state index in [0.29, 0.717) is 42.2 Å². The van der Waals surface area contributed by atoms with Crippen molar-refractivity contribution in [3.8, 4) is 11.5 Å². The van der Waals surface area contributed by atoms with Crippen molar-refractivity contribution >= 4 is 28.3 Å². The quantitative estimate of drug-likeness (QED) is 0.0488. The maximum atomic E-state index is 13.2. The second kappa shape index (κ2) is 17.3. The molecule has 5 heteroatoms. The number of carbonyl (C=O) groups excluding carboxylic acids is 3. The summed E-state index contributed by atoms with van der Waals surface area (Å²) in [5, 5.41) is 1.94. The van der Waals surface area contributed by atoms with Crippen LogP contribution in [0.1, 0.15) is 99.2 Å². The second-order valence-corrected chi connectivity index (χ2v) is 12.1. The Bertz CT molecular complexity index is 1550. The molecule has 0 aromatic heterocycles. The number of hydrogen-bond acceptors (Lipinski definition) is 5. The third-order valence-corrected chi connectivity index (χ3v) is 8.23. The smallest absolute Gasteiger partial charge is 0.315 e. The van der Waals surface area contributed by atoms with E-state index >= 15 is 0 Å². The zero-order valence-electron chi connectivity index (χ0n) is 27.0.